The first-order valence-corrected chi connectivity index (χ1v) is 8.32. The van der Waals surface area contributed by atoms with Crippen molar-refractivity contribution in [3.8, 4) is 0 Å². The molecule has 0 aliphatic carbocycles. The number of halogens is 1. The molecule has 0 spiro atoms. The van der Waals surface area contributed by atoms with E-state index < -0.39 is 0 Å². The minimum Gasteiger partial charge on any atom is -0.339 e. The van der Waals surface area contributed by atoms with Gasteiger partial charge in [0.15, 0.2) is 0 Å². The van der Waals surface area contributed by atoms with Gasteiger partial charge in [-0.25, -0.2) is 0 Å². The van der Waals surface area contributed by atoms with E-state index in [1.165, 1.54) is 12.8 Å². The van der Waals surface area contributed by atoms with E-state index in [4.69, 9.17) is 11.6 Å². The minimum absolute atomic E-state index is 0.146. The summed E-state index contributed by atoms with van der Waals surface area (Å²) >= 11 is 6.03. The molecule has 1 amide bonds. The molecule has 0 bridgehead atoms. The number of likely N-dealkylation sites (tertiary alicyclic amines) is 1. The molecule has 2 fully saturated rings. The Balaban J connectivity index is 1.60. The maximum atomic E-state index is 12.6. The van der Waals surface area contributed by atoms with E-state index in [0.717, 1.165) is 54.5 Å². The molecule has 0 radical (unpaired) electrons. The maximum Gasteiger partial charge on any atom is 0.253 e. The van der Waals surface area contributed by atoms with E-state index in [0.29, 0.717) is 6.04 Å². The number of hydrogen-bond donors (Lipinski definition) is 1. The average molecular weight is 307 g/mol. The van der Waals surface area contributed by atoms with Gasteiger partial charge in [-0.2, -0.15) is 0 Å². The molecule has 1 atom stereocenters. The summed E-state index contributed by atoms with van der Waals surface area (Å²) in [6, 6.07) is 6.23. The summed E-state index contributed by atoms with van der Waals surface area (Å²) in [4.78, 5) is 14.6. The molecular weight excluding hydrogens is 284 g/mol. The normalized spacial score (nSPS) is 23.5. The smallest absolute Gasteiger partial charge is 0.253 e. The fraction of sp³-hybridized carbons (Fsp3) is 0.588. The predicted molar refractivity (Wildman–Crippen MR) is 85.8 cm³/mol. The summed E-state index contributed by atoms with van der Waals surface area (Å²) in [7, 11) is 0. The molecule has 114 valence electrons. The van der Waals surface area contributed by atoms with Crippen molar-refractivity contribution in [2.45, 2.75) is 38.6 Å². The third-order valence-corrected chi connectivity index (χ3v) is 5.32. The first-order valence-electron chi connectivity index (χ1n) is 7.94. The number of rotatable bonds is 2. The zero-order valence-electron chi connectivity index (χ0n) is 12.6. The highest BCUT2D eigenvalue weighted by atomic mass is 35.5. The second-order valence-corrected chi connectivity index (χ2v) is 6.70. The van der Waals surface area contributed by atoms with Crippen LogP contribution in [0.4, 0.5) is 0 Å². The molecule has 2 saturated heterocycles. The number of nitrogens with one attached hydrogen (secondary N) is 1. The first-order chi connectivity index (χ1) is 10.1. The Morgan fingerprint density at radius 2 is 2.05 bits per heavy atom. The van der Waals surface area contributed by atoms with Gasteiger partial charge in [0, 0.05) is 29.7 Å². The van der Waals surface area contributed by atoms with Gasteiger partial charge in [-0.15, -0.1) is 0 Å². The number of benzene rings is 1. The van der Waals surface area contributed by atoms with Crippen LogP contribution in [0.3, 0.4) is 0 Å². The lowest BCUT2D eigenvalue weighted by Gasteiger charge is -2.35. The maximum absolute atomic E-state index is 12.6. The van der Waals surface area contributed by atoms with Gasteiger partial charge in [0.2, 0.25) is 0 Å². The van der Waals surface area contributed by atoms with Crippen molar-refractivity contribution in [3.05, 3.63) is 34.3 Å². The largest absolute Gasteiger partial charge is 0.339 e. The van der Waals surface area contributed by atoms with Crippen LogP contribution in [0.5, 0.6) is 0 Å². The quantitative estimate of drug-likeness (QED) is 0.909. The molecule has 4 heteroatoms. The molecule has 0 aromatic heterocycles. The van der Waals surface area contributed by atoms with Crippen LogP contribution >= 0.6 is 11.6 Å². The van der Waals surface area contributed by atoms with Crippen molar-refractivity contribution in [1.82, 2.24) is 10.2 Å². The molecule has 1 N–H and O–H groups in total. The fourth-order valence-corrected chi connectivity index (χ4v) is 3.70. The summed E-state index contributed by atoms with van der Waals surface area (Å²) in [6.07, 6.45) is 4.84. The van der Waals surface area contributed by atoms with E-state index in [2.05, 4.69) is 5.32 Å². The second-order valence-electron chi connectivity index (χ2n) is 6.30. The zero-order valence-corrected chi connectivity index (χ0v) is 13.3. The fourth-order valence-electron chi connectivity index (χ4n) is 3.58. The molecular formula is C17H23ClN2O. The highest BCUT2D eigenvalue weighted by Gasteiger charge is 2.30. The van der Waals surface area contributed by atoms with Gasteiger partial charge in [-0.05, 0) is 68.8 Å². The topological polar surface area (TPSA) is 32.3 Å². The molecule has 2 aliphatic rings. The van der Waals surface area contributed by atoms with Crippen LogP contribution < -0.4 is 5.32 Å². The number of hydrogen-bond acceptors (Lipinski definition) is 2. The highest BCUT2D eigenvalue weighted by Crippen LogP contribution is 2.26. The zero-order chi connectivity index (χ0) is 14.8. The van der Waals surface area contributed by atoms with Crippen LogP contribution in [-0.4, -0.2) is 36.5 Å². The van der Waals surface area contributed by atoms with Gasteiger partial charge in [0.05, 0.1) is 0 Å². The lowest BCUT2D eigenvalue weighted by Crippen LogP contribution is -2.43. The van der Waals surface area contributed by atoms with Crippen LogP contribution in [0.25, 0.3) is 0 Å². The summed E-state index contributed by atoms with van der Waals surface area (Å²) in [5, 5.41) is 4.32. The van der Waals surface area contributed by atoms with Crippen LogP contribution in [-0.2, 0) is 0 Å². The van der Waals surface area contributed by atoms with Crippen LogP contribution in [0, 0.1) is 12.8 Å². The first kappa shape index (κ1) is 14.9. The van der Waals surface area contributed by atoms with Crippen molar-refractivity contribution in [2.24, 2.45) is 5.92 Å². The number of carbonyl (C=O) groups excluding carboxylic acids is 1. The van der Waals surface area contributed by atoms with Crippen LogP contribution in [0.2, 0.25) is 5.02 Å². The van der Waals surface area contributed by atoms with E-state index in [1.54, 1.807) is 0 Å². The van der Waals surface area contributed by atoms with Gasteiger partial charge in [0.1, 0.15) is 0 Å². The molecule has 0 saturated carbocycles. The Kier molecular flexibility index (Phi) is 4.51. The summed E-state index contributed by atoms with van der Waals surface area (Å²) in [5.74, 6) is 0.885. The number of amides is 1. The Hall–Kier alpha value is -1.06. The molecule has 21 heavy (non-hydrogen) atoms. The predicted octanol–water partition coefficient (Wildman–Crippen LogP) is 3.25. The molecule has 3 nitrogen and oxygen atoms in total. The summed E-state index contributed by atoms with van der Waals surface area (Å²) in [6.45, 7) is 4.86. The lowest BCUT2D eigenvalue weighted by atomic mass is 9.88. The van der Waals surface area contributed by atoms with E-state index in [1.807, 2.05) is 30.0 Å². The van der Waals surface area contributed by atoms with Crippen LogP contribution in [0.15, 0.2) is 18.2 Å². The number of carbonyl (C=O) groups is 1. The van der Waals surface area contributed by atoms with Gasteiger partial charge in [-0.3, -0.25) is 4.79 Å². The van der Waals surface area contributed by atoms with Crippen molar-refractivity contribution >= 4 is 17.5 Å². The summed E-state index contributed by atoms with van der Waals surface area (Å²) < 4.78 is 0. The van der Waals surface area contributed by atoms with Crippen molar-refractivity contribution in [2.75, 3.05) is 19.6 Å². The Bertz CT molecular complexity index is 518. The SMILES string of the molecule is Cc1cc(C(=O)N2CCC(C3CCCN3)CC2)ccc1Cl. The summed E-state index contributed by atoms with van der Waals surface area (Å²) in [5.41, 5.74) is 1.72. The molecule has 1 unspecified atom stereocenters. The van der Waals surface area contributed by atoms with Gasteiger partial charge in [-0.1, -0.05) is 11.6 Å². The minimum atomic E-state index is 0.146. The molecule has 2 aliphatic heterocycles. The monoisotopic (exact) mass is 306 g/mol. The van der Waals surface area contributed by atoms with Gasteiger partial charge in [0.25, 0.3) is 5.91 Å². The van der Waals surface area contributed by atoms with E-state index in [9.17, 15) is 4.79 Å². The van der Waals surface area contributed by atoms with Crippen molar-refractivity contribution in [3.63, 3.8) is 0 Å². The molecule has 1 aromatic carbocycles. The number of aryl methyl sites for hydroxylation is 1. The lowest BCUT2D eigenvalue weighted by molar-refractivity contribution is 0.0674. The van der Waals surface area contributed by atoms with Crippen molar-refractivity contribution < 1.29 is 4.79 Å². The second kappa shape index (κ2) is 6.37. The molecule has 2 heterocycles. The van der Waals surface area contributed by atoms with Crippen LogP contribution in [0.1, 0.15) is 41.6 Å². The Morgan fingerprint density at radius 1 is 1.29 bits per heavy atom. The number of piperidine rings is 1. The number of nitrogens with zero attached hydrogens (tertiary/aromatic N) is 1. The molecule has 1 aromatic rings. The third-order valence-electron chi connectivity index (χ3n) is 4.90. The average Bonchev–Trinajstić information content (AvgIpc) is 3.04. The molecule has 3 rings (SSSR count). The van der Waals surface area contributed by atoms with E-state index >= 15 is 0 Å². The third kappa shape index (κ3) is 3.24. The van der Waals surface area contributed by atoms with Crippen molar-refractivity contribution in [1.29, 1.82) is 0 Å². The Morgan fingerprint density at radius 3 is 2.67 bits per heavy atom. The standard InChI is InChI=1S/C17H23ClN2O/c1-12-11-14(4-5-15(12)18)17(21)20-9-6-13(7-10-20)16-3-2-8-19-16/h4-5,11,13,16,19H,2-3,6-10H2,1H3. The van der Waals surface area contributed by atoms with E-state index in [-0.39, 0.29) is 5.91 Å². The highest BCUT2D eigenvalue weighted by molar-refractivity contribution is 6.31. The van der Waals surface area contributed by atoms with Gasteiger partial charge < -0.3 is 10.2 Å². The Labute approximate surface area is 131 Å². The van der Waals surface area contributed by atoms with Gasteiger partial charge >= 0.3 is 0 Å².